The Morgan fingerprint density at radius 3 is 2.86 bits per heavy atom. The second kappa shape index (κ2) is 5.95. The van der Waals surface area contributed by atoms with Gasteiger partial charge in [-0.1, -0.05) is 30.8 Å². The Labute approximate surface area is 131 Å². The monoisotopic (exact) mass is 298 g/mol. The molecule has 0 aromatic heterocycles. The number of amides is 2. The van der Waals surface area contributed by atoms with E-state index in [1.165, 1.54) is 17.2 Å². The van der Waals surface area contributed by atoms with Gasteiger partial charge in [-0.3, -0.25) is 9.59 Å². The summed E-state index contributed by atoms with van der Waals surface area (Å²) in [5.74, 6) is -0.00744. The highest BCUT2D eigenvalue weighted by Gasteiger charge is 2.59. The number of hydrogen-bond donors (Lipinski definition) is 2. The fraction of sp³-hybridized carbons (Fsp3) is 0.444. The number of nitrogens with one attached hydrogen (secondary N) is 2. The van der Waals surface area contributed by atoms with Crippen LogP contribution in [0.4, 0.5) is 0 Å². The summed E-state index contributed by atoms with van der Waals surface area (Å²) in [4.78, 5) is 23.4. The van der Waals surface area contributed by atoms with E-state index in [-0.39, 0.29) is 23.1 Å². The molecule has 0 aliphatic heterocycles. The average Bonchev–Trinajstić information content (AvgIpc) is 3.26. The first kappa shape index (κ1) is 14.8. The third-order valence-electron chi connectivity index (χ3n) is 4.92. The summed E-state index contributed by atoms with van der Waals surface area (Å²) >= 11 is 0. The van der Waals surface area contributed by atoms with Gasteiger partial charge in [0.25, 0.3) is 0 Å². The zero-order chi connectivity index (χ0) is 15.6. The van der Waals surface area contributed by atoms with Crippen molar-refractivity contribution in [1.29, 1.82) is 0 Å². The number of rotatable bonds is 5. The van der Waals surface area contributed by atoms with Gasteiger partial charge in [-0.05, 0) is 42.9 Å². The van der Waals surface area contributed by atoms with E-state index >= 15 is 0 Å². The summed E-state index contributed by atoms with van der Waals surface area (Å²) in [5.41, 5.74) is 2.85. The van der Waals surface area contributed by atoms with E-state index in [1.54, 1.807) is 0 Å². The molecule has 2 atom stereocenters. The molecule has 2 aliphatic rings. The van der Waals surface area contributed by atoms with Gasteiger partial charge in [-0.2, -0.15) is 0 Å². The molecule has 1 fully saturated rings. The second-order valence-electron chi connectivity index (χ2n) is 6.21. The molecule has 4 heteroatoms. The third kappa shape index (κ3) is 2.65. The minimum absolute atomic E-state index is 0.0727. The first-order chi connectivity index (χ1) is 10.7. The normalized spacial score (nSPS) is 25.2. The molecule has 0 heterocycles. The molecule has 1 aromatic rings. The Balaban J connectivity index is 1.57. The minimum atomic E-state index is -0.210. The lowest BCUT2D eigenvalue weighted by Crippen LogP contribution is -2.36. The lowest BCUT2D eigenvalue weighted by atomic mass is 9.78. The van der Waals surface area contributed by atoms with Gasteiger partial charge in [0.05, 0.1) is 0 Å². The smallest absolute Gasteiger partial charge is 0.243 e. The molecule has 1 saturated carbocycles. The van der Waals surface area contributed by atoms with Gasteiger partial charge < -0.3 is 10.6 Å². The Kier molecular flexibility index (Phi) is 4.01. The fourth-order valence-electron chi connectivity index (χ4n) is 3.74. The summed E-state index contributed by atoms with van der Waals surface area (Å²) < 4.78 is 0. The minimum Gasteiger partial charge on any atom is -0.354 e. The van der Waals surface area contributed by atoms with Crippen LogP contribution < -0.4 is 10.6 Å². The lowest BCUT2D eigenvalue weighted by Gasteiger charge is -2.26. The number of aryl methyl sites for hydroxylation is 1. The maximum absolute atomic E-state index is 12.4. The van der Waals surface area contributed by atoms with Crippen molar-refractivity contribution >= 4 is 11.8 Å². The molecule has 0 saturated heterocycles. The van der Waals surface area contributed by atoms with Crippen LogP contribution in [-0.2, 0) is 21.4 Å². The highest BCUT2D eigenvalue weighted by Crippen LogP contribution is 2.60. The first-order valence-electron chi connectivity index (χ1n) is 7.94. The summed E-state index contributed by atoms with van der Waals surface area (Å²) in [7, 11) is 0. The molecular weight excluding hydrogens is 276 g/mol. The van der Waals surface area contributed by atoms with Crippen molar-refractivity contribution in [3.63, 3.8) is 0 Å². The zero-order valence-corrected chi connectivity index (χ0v) is 12.7. The van der Waals surface area contributed by atoms with E-state index in [0.29, 0.717) is 13.1 Å². The van der Waals surface area contributed by atoms with Gasteiger partial charge in [-0.15, -0.1) is 0 Å². The molecule has 0 radical (unpaired) electrons. The highest BCUT2D eigenvalue weighted by molar-refractivity contribution is 5.87. The molecule has 0 bridgehead atoms. The Hall–Kier alpha value is -2.10. The van der Waals surface area contributed by atoms with Gasteiger partial charge in [0, 0.05) is 24.4 Å². The SMILES string of the molecule is C=CC(=O)NCCNC(=O)C1CC12CCCc1ccccc12. The maximum Gasteiger partial charge on any atom is 0.243 e. The number of fused-ring (bicyclic) bond motifs is 2. The second-order valence-corrected chi connectivity index (χ2v) is 6.21. The molecule has 3 rings (SSSR count). The van der Waals surface area contributed by atoms with Gasteiger partial charge in [0.1, 0.15) is 0 Å². The van der Waals surface area contributed by atoms with Crippen LogP contribution >= 0.6 is 0 Å². The van der Waals surface area contributed by atoms with Gasteiger partial charge in [0.2, 0.25) is 11.8 Å². The van der Waals surface area contributed by atoms with Crippen molar-refractivity contribution in [3.8, 4) is 0 Å². The zero-order valence-electron chi connectivity index (χ0n) is 12.7. The van der Waals surface area contributed by atoms with Gasteiger partial charge in [0.15, 0.2) is 0 Å². The summed E-state index contributed by atoms with van der Waals surface area (Å²) in [6.07, 6.45) is 5.58. The summed E-state index contributed by atoms with van der Waals surface area (Å²) in [6, 6.07) is 8.53. The van der Waals surface area contributed by atoms with Crippen LogP contribution in [0, 0.1) is 5.92 Å². The van der Waals surface area contributed by atoms with E-state index in [4.69, 9.17) is 0 Å². The first-order valence-corrected chi connectivity index (χ1v) is 7.94. The van der Waals surface area contributed by atoms with Crippen LogP contribution in [0.25, 0.3) is 0 Å². The van der Waals surface area contributed by atoms with Crippen LogP contribution in [0.2, 0.25) is 0 Å². The average molecular weight is 298 g/mol. The molecule has 4 nitrogen and oxygen atoms in total. The number of carbonyl (C=O) groups is 2. The number of hydrogen-bond acceptors (Lipinski definition) is 2. The topological polar surface area (TPSA) is 58.2 Å². The van der Waals surface area contributed by atoms with E-state index in [1.807, 2.05) is 0 Å². The molecule has 116 valence electrons. The van der Waals surface area contributed by atoms with Crippen molar-refractivity contribution in [2.24, 2.45) is 5.92 Å². The summed E-state index contributed by atoms with van der Waals surface area (Å²) in [5, 5.41) is 5.60. The predicted octanol–water partition coefficient (Wildman–Crippen LogP) is 1.70. The maximum atomic E-state index is 12.4. The van der Waals surface area contributed by atoms with Crippen LogP contribution in [-0.4, -0.2) is 24.9 Å². The molecule has 2 aliphatic carbocycles. The fourth-order valence-corrected chi connectivity index (χ4v) is 3.74. The summed E-state index contributed by atoms with van der Waals surface area (Å²) in [6.45, 7) is 4.29. The highest BCUT2D eigenvalue weighted by atomic mass is 16.2. The van der Waals surface area contributed by atoms with Crippen LogP contribution in [0.15, 0.2) is 36.9 Å². The third-order valence-corrected chi connectivity index (χ3v) is 4.92. The van der Waals surface area contributed by atoms with Crippen molar-refractivity contribution in [3.05, 3.63) is 48.0 Å². The Bertz CT molecular complexity index is 611. The van der Waals surface area contributed by atoms with Crippen LogP contribution in [0.5, 0.6) is 0 Å². The molecule has 2 N–H and O–H groups in total. The van der Waals surface area contributed by atoms with Gasteiger partial charge in [-0.25, -0.2) is 0 Å². The number of benzene rings is 1. The molecule has 2 unspecified atom stereocenters. The lowest BCUT2D eigenvalue weighted by molar-refractivity contribution is -0.123. The molecule has 2 amide bonds. The van der Waals surface area contributed by atoms with Crippen molar-refractivity contribution in [1.82, 2.24) is 10.6 Å². The van der Waals surface area contributed by atoms with Crippen molar-refractivity contribution < 1.29 is 9.59 Å². The molecular formula is C18H22N2O2. The number of carbonyl (C=O) groups excluding carboxylic acids is 2. The molecule has 22 heavy (non-hydrogen) atoms. The van der Waals surface area contributed by atoms with E-state index in [2.05, 4.69) is 41.5 Å². The molecule has 1 aromatic carbocycles. The van der Waals surface area contributed by atoms with E-state index in [9.17, 15) is 9.59 Å². The van der Waals surface area contributed by atoms with Crippen LogP contribution in [0.1, 0.15) is 30.4 Å². The quantitative estimate of drug-likeness (QED) is 0.642. The van der Waals surface area contributed by atoms with Crippen molar-refractivity contribution in [2.45, 2.75) is 31.1 Å². The van der Waals surface area contributed by atoms with E-state index in [0.717, 1.165) is 25.7 Å². The van der Waals surface area contributed by atoms with E-state index < -0.39 is 0 Å². The van der Waals surface area contributed by atoms with Crippen LogP contribution in [0.3, 0.4) is 0 Å². The van der Waals surface area contributed by atoms with Gasteiger partial charge >= 0.3 is 0 Å². The molecule has 1 spiro atoms. The largest absolute Gasteiger partial charge is 0.354 e. The van der Waals surface area contributed by atoms with Crippen molar-refractivity contribution in [2.75, 3.05) is 13.1 Å². The predicted molar refractivity (Wildman–Crippen MR) is 85.4 cm³/mol. The standard InChI is InChI=1S/C18H22N2O2/c1-2-16(21)19-10-11-20-17(22)15-12-18(15)9-5-7-13-6-3-4-8-14(13)18/h2-4,6,8,15H,1,5,7,9-12H2,(H,19,21)(H,20,22). The Morgan fingerprint density at radius 2 is 2.05 bits per heavy atom. The Morgan fingerprint density at radius 1 is 1.27 bits per heavy atom.